The number of fused-ring (bicyclic) bond motifs is 2. The normalized spacial score (nSPS) is 47.7. The van der Waals surface area contributed by atoms with Gasteiger partial charge in [0.25, 0.3) is 0 Å². The highest BCUT2D eigenvalue weighted by atomic mass is 15.0. The Kier molecular flexibility index (Phi) is 1.39. The molecule has 2 atom stereocenters. The Morgan fingerprint density at radius 1 is 1.18 bits per heavy atom. The molecule has 11 heavy (non-hydrogen) atoms. The lowest BCUT2D eigenvalue weighted by atomic mass is 9.65. The van der Waals surface area contributed by atoms with Crippen LogP contribution in [-0.4, -0.2) is 12.6 Å². The average Bonchev–Trinajstić information content (AvgIpc) is 2.03. The van der Waals surface area contributed by atoms with Gasteiger partial charge in [-0.15, -0.1) is 0 Å². The van der Waals surface area contributed by atoms with E-state index in [1.54, 1.807) is 0 Å². The van der Waals surface area contributed by atoms with E-state index in [4.69, 9.17) is 0 Å². The van der Waals surface area contributed by atoms with E-state index >= 15 is 0 Å². The van der Waals surface area contributed by atoms with Crippen LogP contribution in [0.2, 0.25) is 0 Å². The van der Waals surface area contributed by atoms with Gasteiger partial charge in [-0.2, -0.15) is 0 Å². The van der Waals surface area contributed by atoms with Crippen LogP contribution in [0.3, 0.4) is 0 Å². The zero-order valence-electron chi connectivity index (χ0n) is 7.98. The molecule has 2 aliphatic rings. The fourth-order valence-electron chi connectivity index (χ4n) is 3.49. The molecule has 1 heterocycles. The van der Waals surface area contributed by atoms with Gasteiger partial charge in [-0.1, -0.05) is 20.8 Å². The lowest BCUT2D eigenvalue weighted by molar-refractivity contribution is -0.673. The molecule has 2 fully saturated rings. The van der Waals surface area contributed by atoms with E-state index in [1.165, 1.54) is 25.8 Å². The number of hydrogen-bond acceptors (Lipinski definition) is 0. The molecule has 1 nitrogen and oxygen atoms in total. The fourth-order valence-corrected chi connectivity index (χ4v) is 3.49. The Bertz CT molecular complexity index is 174. The van der Waals surface area contributed by atoms with Gasteiger partial charge in [-0.05, 0) is 11.8 Å². The number of rotatable bonds is 0. The first-order chi connectivity index (χ1) is 4.99. The van der Waals surface area contributed by atoms with E-state index in [2.05, 4.69) is 26.1 Å². The summed E-state index contributed by atoms with van der Waals surface area (Å²) in [6, 6.07) is 0.948. The second-order valence-corrected chi connectivity index (χ2v) is 5.76. The number of quaternary nitrogens is 1. The maximum Gasteiger partial charge on any atom is 0.0871 e. The molecule has 0 radical (unpaired) electrons. The first kappa shape index (κ1) is 7.60. The standard InChI is InChI=1S/C10H19N/c1-9(2)4-8-5-10(3,6-9)7-11-8/h8,11H,4-7H2,1-3H3/p+1/t8-,10-/m1/s1. The van der Waals surface area contributed by atoms with Crippen molar-refractivity contribution < 1.29 is 5.32 Å². The number of nitrogens with two attached hydrogens (primary N) is 1. The van der Waals surface area contributed by atoms with E-state index in [-0.39, 0.29) is 0 Å². The van der Waals surface area contributed by atoms with Gasteiger partial charge in [-0.25, -0.2) is 0 Å². The lowest BCUT2D eigenvalue weighted by Gasteiger charge is -2.37. The molecule has 1 heteroatoms. The smallest absolute Gasteiger partial charge is 0.0871 e. The van der Waals surface area contributed by atoms with Crippen LogP contribution in [0.4, 0.5) is 0 Å². The monoisotopic (exact) mass is 154 g/mol. The molecular formula is C10H20N+. The van der Waals surface area contributed by atoms with Crippen molar-refractivity contribution in [2.75, 3.05) is 6.54 Å². The maximum atomic E-state index is 2.56. The Morgan fingerprint density at radius 3 is 2.55 bits per heavy atom. The molecule has 0 aromatic rings. The summed E-state index contributed by atoms with van der Waals surface area (Å²) in [6.45, 7) is 8.69. The van der Waals surface area contributed by atoms with E-state index in [0.29, 0.717) is 10.8 Å². The molecule has 0 aromatic carbocycles. The summed E-state index contributed by atoms with van der Waals surface area (Å²) in [5.74, 6) is 0. The third kappa shape index (κ3) is 1.31. The molecule has 2 N–H and O–H groups in total. The Hall–Kier alpha value is -0.0400. The SMILES string of the molecule is CC1(C)C[C@@H]2C[C@@](C)(C[NH2+]2)C1. The Balaban J connectivity index is 2.19. The minimum atomic E-state index is 0.616. The molecule has 0 spiro atoms. The van der Waals surface area contributed by atoms with Crippen LogP contribution in [0.5, 0.6) is 0 Å². The highest BCUT2D eigenvalue weighted by molar-refractivity contribution is 4.93. The molecule has 1 saturated carbocycles. The third-order valence-electron chi connectivity index (χ3n) is 3.42. The highest BCUT2D eigenvalue weighted by Crippen LogP contribution is 2.46. The average molecular weight is 154 g/mol. The van der Waals surface area contributed by atoms with Gasteiger partial charge in [0, 0.05) is 18.3 Å². The predicted octanol–water partition coefficient (Wildman–Crippen LogP) is 1.15. The summed E-state index contributed by atoms with van der Waals surface area (Å²) < 4.78 is 0. The van der Waals surface area contributed by atoms with Crippen LogP contribution in [0, 0.1) is 10.8 Å². The third-order valence-corrected chi connectivity index (χ3v) is 3.42. The van der Waals surface area contributed by atoms with Crippen molar-refractivity contribution >= 4 is 0 Å². The van der Waals surface area contributed by atoms with Crippen LogP contribution in [0.1, 0.15) is 40.0 Å². The molecule has 1 aliphatic heterocycles. The van der Waals surface area contributed by atoms with Crippen molar-refractivity contribution in [3.63, 3.8) is 0 Å². The van der Waals surface area contributed by atoms with Gasteiger partial charge in [0.05, 0.1) is 12.6 Å². The maximum absolute atomic E-state index is 2.56. The van der Waals surface area contributed by atoms with Gasteiger partial charge in [0.1, 0.15) is 0 Å². The topological polar surface area (TPSA) is 16.6 Å². The number of hydrogen-bond donors (Lipinski definition) is 1. The second kappa shape index (κ2) is 2.01. The molecule has 2 rings (SSSR count). The van der Waals surface area contributed by atoms with Crippen molar-refractivity contribution in [2.24, 2.45) is 10.8 Å². The van der Waals surface area contributed by atoms with Crippen molar-refractivity contribution in [3.05, 3.63) is 0 Å². The zero-order valence-corrected chi connectivity index (χ0v) is 7.98. The molecule has 1 saturated heterocycles. The van der Waals surface area contributed by atoms with Crippen LogP contribution in [0.15, 0.2) is 0 Å². The van der Waals surface area contributed by atoms with E-state index in [0.717, 1.165) is 6.04 Å². The summed E-state index contributed by atoms with van der Waals surface area (Å²) >= 11 is 0. The van der Waals surface area contributed by atoms with Crippen LogP contribution in [-0.2, 0) is 0 Å². The van der Waals surface area contributed by atoms with Crippen LogP contribution < -0.4 is 5.32 Å². The Morgan fingerprint density at radius 2 is 1.91 bits per heavy atom. The molecule has 1 aliphatic carbocycles. The lowest BCUT2D eigenvalue weighted by Crippen LogP contribution is -2.87. The zero-order chi connectivity index (χ0) is 8.11. The summed E-state index contributed by atoms with van der Waals surface area (Å²) in [5, 5.41) is 2.56. The summed E-state index contributed by atoms with van der Waals surface area (Å²) in [6.07, 6.45) is 4.34. The molecule has 0 unspecified atom stereocenters. The van der Waals surface area contributed by atoms with Crippen molar-refractivity contribution in [1.82, 2.24) is 0 Å². The molecule has 0 amide bonds. The fraction of sp³-hybridized carbons (Fsp3) is 1.00. The first-order valence-corrected chi connectivity index (χ1v) is 4.83. The molecule has 0 aromatic heterocycles. The van der Waals surface area contributed by atoms with Gasteiger partial charge in [-0.3, -0.25) is 0 Å². The summed E-state index contributed by atoms with van der Waals surface area (Å²) in [7, 11) is 0. The van der Waals surface area contributed by atoms with E-state index < -0.39 is 0 Å². The van der Waals surface area contributed by atoms with E-state index in [1.807, 2.05) is 0 Å². The largest absolute Gasteiger partial charge is 0.343 e. The van der Waals surface area contributed by atoms with Gasteiger partial charge in [0.2, 0.25) is 0 Å². The first-order valence-electron chi connectivity index (χ1n) is 4.83. The molecule has 64 valence electrons. The summed E-state index contributed by atoms with van der Waals surface area (Å²) in [5.41, 5.74) is 1.29. The van der Waals surface area contributed by atoms with Crippen LogP contribution >= 0.6 is 0 Å². The second-order valence-electron chi connectivity index (χ2n) is 5.76. The molecule has 2 bridgehead atoms. The van der Waals surface area contributed by atoms with E-state index in [9.17, 15) is 0 Å². The van der Waals surface area contributed by atoms with Crippen molar-refractivity contribution in [2.45, 2.75) is 46.1 Å². The summed E-state index contributed by atoms with van der Waals surface area (Å²) in [4.78, 5) is 0. The van der Waals surface area contributed by atoms with Gasteiger partial charge in [0.15, 0.2) is 0 Å². The quantitative estimate of drug-likeness (QED) is 0.539. The minimum absolute atomic E-state index is 0.616. The highest BCUT2D eigenvalue weighted by Gasteiger charge is 2.48. The van der Waals surface area contributed by atoms with Gasteiger partial charge >= 0.3 is 0 Å². The molecular weight excluding hydrogens is 134 g/mol. The minimum Gasteiger partial charge on any atom is -0.343 e. The van der Waals surface area contributed by atoms with Crippen molar-refractivity contribution in [3.8, 4) is 0 Å². The van der Waals surface area contributed by atoms with Crippen LogP contribution in [0.25, 0.3) is 0 Å². The van der Waals surface area contributed by atoms with Crippen molar-refractivity contribution in [1.29, 1.82) is 0 Å². The van der Waals surface area contributed by atoms with Gasteiger partial charge < -0.3 is 5.32 Å². The predicted molar refractivity (Wildman–Crippen MR) is 46.3 cm³/mol. The Labute approximate surface area is 69.6 Å².